The van der Waals surface area contributed by atoms with Gasteiger partial charge >= 0.3 is 0 Å². The van der Waals surface area contributed by atoms with Gasteiger partial charge in [0.15, 0.2) is 0 Å². The fourth-order valence-corrected chi connectivity index (χ4v) is 3.94. The Morgan fingerprint density at radius 3 is 2.32 bits per heavy atom. The molecule has 3 nitrogen and oxygen atoms in total. The molecule has 0 N–H and O–H groups in total. The fraction of sp³-hybridized carbons (Fsp3) is 0.632. The van der Waals surface area contributed by atoms with Crippen LogP contribution in [0.15, 0.2) is 18.2 Å². The molecule has 1 aromatic carbocycles. The van der Waals surface area contributed by atoms with Crippen molar-refractivity contribution >= 4 is 11.6 Å². The van der Waals surface area contributed by atoms with Crippen molar-refractivity contribution in [3.8, 4) is 0 Å². The zero-order valence-corrected chi connectivity index (χ0v) is 14.0. The van der Waals surface area contributed by atoms with Crippen molar-refractivity contribution in [2.45, 2.75) is 46.0 Å². The summed E-state index contributed by atoms with van der Waals surface area (Å²) in [7, 11) is 0. The van der Waals surface area contributed by atoms with E-state index < -0.39 is 0 Å². The molecular formula is C19H28N2O. The van der Waals surface area contributed by atoms with Crippen LogP contribution >= 0.6 is 0 Å². The Balaban J connectivity index is 1.59. The Morgan fingerprint density at radius 1 is 1.00 bits per heavy atom. The second-order valence-corrected chi connectivity index (χ2v) is 6.94. The summed E-state index contributed by atoms with van der Waals surface area (Å²) >= 11 is 0. The maximum Gasteiger partial charge on any atom is 0.225 e. The normalized spacial score (nSPS) is 20.3. The number of rotatable bonds is 2. The molecular weight excluding hydrogens is 272 g/mol. The van der Waals surface area contributed by atoms with Gasteiger partial charge < -0.3 is 9.80 Å². The summed E-state index contributed by atoms with van der Waals surface area (Å²) in [5.74, 6) is 0.724. The Kier molecular flexibility index (Phi) is 4.70. The number of hydrogen-bond acceptors (Lipinski definition) is 2. The summed E-state index contributed by atoms with van der Waals surface area (Å²) in [6.07, 6.45) is 5.99. The Bertz CT molecular complexity index is 526. The van der Waals surface area contributed by atoms with E-state index in [1.807, 2.05) is 0 Å². The number of carbonyl (C=O) groups is 1. The topological polar surface area (TPSA) is 23.6 Å². The lowest BCUT2D eigenvalue weighted by Gasteiger charge is -2.38. The molecule has 1 saturated carbocycles. The second kappa shape index (κ2) is 6.72. The molecule has 0 atom stereocenters. The third-order valence-corrected chi connectivity index (χ3v) is 5.24. The standard InChI is InChI=1S/C19H28N2O/c1-15-8-9-18(16(2)14-15)20-10-12-21(13-11-20)19(22)17-6-4-3-5-7-17/h8-9,14,17H,3-7,10-13H2,1-2H3. The Morgan fingerprint density at radius 2 is 1.68 bits per heavy atom. The quantitative estimate of drug-likeness (QED) is 0.834. The number of aryl methyl sites for hydroxylation is 2. The van der Waals surface area contributed by atoms with Gasteiger partial charge in [-0.1, -0.05) is 37.0 Å². The molecule has 0 unspecified atom stereocenters. The van der Waals surface area contributed by atoms with Crippen LogP contribution in [0.1, 0.15) is 43.2 Å². The summed E-state index contributed by atoms with van der Waals surface area (Å²) in [6.45, 7) is 8.00. The number of nitrogens with zero attached hydrogens (tertiary/aromatic N) is 2. The maximum absolute atomic E-state index is 12.6. The highest BCUT2D eigenvalue weighted by Crippen LogP contribution is 2.27. The van der Waals surface area contributed by atoms with Gasteiger partial charge in [0, 0.05) is 37.8 Å². The van der Waals surface area contributed by atoms with Crippen molar-refractivity contribution < 1.29 is 4.79 Å². The first-order valence-corrected chi connectivity index (χ1v) is 8.76. The molecule has 0 aromatic heterocycles. The summed E-state index contributed by atoms with van der Waals surface area (Å²) in [5.41, 5.74) is 3.98. The predicted molar refractivity (Wildman–Crippen MR) is 91.3 cm³/mol. The number of benzene rings is 1. The van der Waals surface area contributed by atoms with Gasteiger partial charge in [-0.15, -0.1) is 0 Å². The highest BCUT2D eigenvalue weighted by atomic mass is 16.2. The zero-order valence-electron chi connectivity index (χ0n) is 14.0. The Hall–Kier alpha value is -1.51. The summed E-state index contributed by atoms with van der Waals surface area (Å²) in [5, 5.41) is 0. The molecule has 1 heterocycles. The monoisotopic (exact) mass is 300 g/mol. The maximum atomic E-state index is 12.6. The highest BCUT2D eigenvalue weighted by Gasteiger charge is 2.28. The minimum atomic E-state index is 0.307. The van der Waals surface area contributed by atoms with Crippen molar-refractivity contribution in [1.29, 1.82) is 0 Å². The molecule has 2 fully saturated rings. The molecule has 0 radical (unpaired) electrons. The lowest BCUT2D eigenvalue weighted by Crippen LogP contribution is -2.50. The van der Waals surface area contributed by atoms with Crippen LogP contribution in [-0.4, -0.2) is 37.0 Å². The molecule has 22 heavy (non-hydrogen) atoms. The zero-order chi connectivity index (χ0) is 15.5. The minimum absolute atomic E-state index is 0.307. The smallest absolute Gasteiger partial charge is 0.225 e. The lowest BCUT2D eigenvalue weighted by molar-refractivity contribution is -0.136. The van der Waals surface area contributed by atoms with Gasteiger partial charge in [0.1, 0.15) is 0 Å². The van der Waals surface area contributed by atoms with Crippen LogP contribution < -0.4 is 4.90 Å². The molecule has 0 spiro atoms. The van der Waals surface area contributed by atoms with Gasteiger partial charge in [-0.2, -0.15) is 0 Å². The van der Waals surface area contributed by atoms with Crippen LogP contribution in [-0.2, 0) is 4.79 Å². The number of carbonyl (C=O) groups excluding carboxylic acids is 1. The van der Waals surface area contributed by atoms with Gasteiger partial charge in [0.25, 0.3) is 0 Å². The van der Waals surface area contributed by atoms with Gasteiger partial charge in [-0.25, -0.2) is 0 Å². The molecule has 0 bridgehead atoms. The largest absolute Gasteiger partial charge is 0.368 e. The van der Waals surface area contributed by atoms with E-state index in [-0.39, 0.29) is 0 Å². The van der Waals surface area contributed by atoms with Crippen LogP contribution in [0.5, 0.6) is 0 Å². The van der Waals surface area contributed by atoms with Crippen molar-refractivity contribution in [2.75, 3.05) is 31.1 Å². The third kappa shape index (κ3) is 3.29. The van der Waals surface area contributed by atoms with E-state index in [9.17, 15) is 4.79 Å². The Labute approximate surface area is 134 Å². The van der Waals surface area contributed by atoms with Gasteiger partial charge in [0.05, 0.1) is 0 Å². The second-order valence-electron chi connectivity index (χ2n) is 6.94. The summed E-state index contributed by atoms with van der Waals surface area (Å²) < 4.78 is 0. The van der Waals surface area contributed by atoms with Gasteiger partial charge in [-0.05, 0) is 38.3 Å². The number of piperazine rings is 1. The third-order valence-electron chi connectivity index (χ3n) is 5.24. The van der Waals surface area contributed by atoms with Crippen molar-refractivity contribution in [3.63, 3.8) is 0 Å². The van der Waals surface area contributed by atoms with Crippen LogP contribution in [0.3, 0.4) is 0 Å². The molecule has 1 aromatic rings. The van der Waals surface area contributed by atoms with E-state index in [1.54, 1.807) is 0 Å². The molecule has 3 heteroatoms. The first kappa shape index (κ1) is 15.4. The predicted octanol–water partition coefficient (Wildman–Crippen LogP) is 3.53. The summed E-state index contributed by atoms with van der Waals surface area (Å²) in [6, 6.07) is 6.65. The van der Waals surface area contributed by atoms with E-state index in [0.29, 0.717) is 11.8 Å². The van der Waals surface area contributed by atoms with Gasteiger partial charge in [-0.3, -0.25) is 4.79 Å². The van der Waals surface area contributed by atoms with Crippen LogP contribution in [0.25, 0.3) is 0 Å². The average molecular weight is 300 g/mol. The number of amides is 1. The molecule has 2 aliphatic rings. The van der Waals surface area contributed by atoms with Crippen molar-refractivity contribution in [2.24, 2.45) is 5.92 Å². The molecule has 120 valence electrons. The number of anilines is 1. The minimum Gasteiger partial charge on any atom is -0.368 e. The molecule has 1 aliphatic carbocycles. The summed E-state index contributed by atoms with van der Waals surface area (Å²) in [4.78, 5) is 17.2. The van der Waals surface area contributed by atoms with Crippen LogP contribution in [0.4, 0.5) is 5.69 Å². The highest BCUT2D eigenvalue weighted by molar-refractivity contribution is 5.79. The van der Waals surface area contributed by atoms with Crippen molar-refractivity contribution in [3.05, 3.63) is 29.3 Å². The van der Waals surface area contributed by atoms with Crippen molar-refractivity contribution in [1.82, 2.24) is 4.90 Å². The van der Waals surface area contributed by atoms with Crippen LogP contribution in [0.2, 0.25) is 0 Å². The average Bonchev–Trinajstić information content (AvgIpc) is 2.55. The lowest BCUT2D eigenvalue weighted by atomic mass is 9.88. The first-order chi connectivity index (χ1) is 10.6. The number of hydrogen-bond donors (Lipinski definition) is 0. The van der Waals surface area contributed by atoms with Crippen LogP contribution in [0, 0.1) is 19.8 Å². The molecule has 1 amide bonds. The SMILES string of the molecule is Cc1ccc(N2CCN(C(=O)C3CCCCC3)CC2)c(C)c1. The van der Waals surface area contributed by atoms with E-state index in [2.05, 4.69) is 41.8 Å². The molecule has 1 aliphatic heterocycles. The van der Waals surface area contributed by atoms with Gasteiger partial charge in [0.2, 0.25) is 5.91 Å². The first-order valence-electron chi connectivity index (χ1n) is 8.76. The van der Waals surface area contributed by atoms with E-state index >= 15 is 0 Å². The van der Waals surface area contributed by atoms with E-state index in [1.165, 1.54) is 36.1 Å². The molecule has 3 rings (SSSR count). The van der Waals surface area contributed by atoms with E-state index in [0.717, 1.165) is 39.0 Å². The fourth-order valence-electron chi connectivity index (χ4n) is 3.94. The van der Waals surface area contributed by atoms with E-state index in [4.69, 9.17) is 0 Å². The molecule has 1 saturated heterocycles.